The maximum Gasteiger partial charge on any atom is 0.416 e. The molecule has 3 heterocycles. The molecule has 3 saturated heterocycles. The van der Waals surface area contributed by atoms with Crippen LogP contribution >= 0.6 is 0 Å². The highest BCUT2D eigenvalue weighted by Crippen LogP contribution is 2.47. The lowest BCUT2D eigenvalue weighted by Crippen LogP contribution is -2.50. The number of carboxylic acids is 1. The average Bonchev–Trinajstić information content (AvgIpc) is 3.90. The Kier molecular flexibility index (Phi) is 11.3. The molecule has 2 aromatic carbocycles. The van der Waals surface area contributed by atoms with Crippen molar-refractivity contribution in [1.82, 2.24) is 15.1 Å². The van der Waals surface area contributed by atoms with Gasteiger partial charge in [0, 0.05) is 81.8 Å². The molecular formula is C38H48F4N4O6. The Morgan fingerprint density at radius 3 is 2.27 bits per heavy atom. The van der Waals surface area contributed by atoms with Gasteiger partial charge >= 0.3 is 12.1 Å². The molecule has 284 valence electrons. The van der Waals surface area contributed by atoms with Crippen molar-refractivity contribution in [3.8, 4) is 5.75 Å². The van der Waals surface area contributed by atoms with Crippen LogP contribution < -0.4 is 15.0 Å². The van der Waals surface area contributed by atoms with E-state index in [0.29, 0.717) is 42.0 Å². The van der Waals surface area contributed by atoms with Gasteiger partial charge in [0.05, 0.1) is 19.3 Å². The molecule has 2 aromatic rings. The van der Waals surface area contributed by atoms with Crippen LogP contribution in [0.4, 0.5) is 23.2 Å². The third-order valence-corrected chi connectivity index (χ3v) is 11.6. The minimum Gasteiger partial charge on any atom is -0.497 e. The zero-order valence-corrected chi connectivity index (χ0v) is 29.7. The number of alkyl halides is 4. The number of rotatable bonds is 11. The van der Waals surface area contributed by atoms with Crippen molar-refractivity contribution in [2.45, 2.75) is 68.2 Å². The Morgan fingerprint density at radius 2 is 1.65 bits per heavy atom. The molecule has 2 N–H and O–H groups in total. The Hall–Kier alpha value is -3.91. The van der Waals surface area contributed by atoms with E-state index in [1.54, 1.807) is 24.1 Å². The maximum absolute atomic E-state index is 17.7. The summed E-state index contributed by atoms with van der Waals surface area (Å²) in [6.07, 6.45) is 0.110. The van der Waals surface area contributed by atoms with Gasteiger partial charge in [-0.1, -0.05) is 31.0 Å². The first kappa shape index (κ1) is 37.8. The molecule has 2 amide bonds. The fourth-order valence-electron chi connectivity index (χ4n) is 8.85. The average molecular weight is 733 g/mol. The third-order valence-electron chi connectivity index (χ3n) is 11.6. The largest absolute Gasteiger partial charge is 0.497 e. The number of piperidine rings is 1. The van der Waals surface area contributed by atoms with E-state index in [0.717, 1.165) is 37.8 Å². The molecule has 4 atom stereocenters. The van der Waals surface area contributed by atoms with Crippen molar-refractivity contribution < 1.29 is 46.5 Å². The zero-order chi connectivity index (χ0) is 37.2. The maximum atomic E-state index is 17.7. The fraction of sp³-hybridized carbons (Fsp3) is 0.605. The highest BCUT2D eigenvalue weighted by molar-refractivity contribution is 5.88. The van der Waals surface area contributed by atoms with Gasteiger partial charge in [-0.2, -0.15) is 13.2 Å². The molecule has 6 rings (SSSR count). The number of aliphatic carboxylic acids is 1. The molecule has 1 saturated carbocycles. The number of carbonyl (C=O) groups is 3. The van der Waals surface area contributed by atoms with Crippen LogP contribution in [-0.2, 0) is 25.3 Å². The van der Waals surface area contributed by atoms with Crippen molar-refractivity contribution in [3.05, 3.63) is 59.2 Å². The van der Waals surface area contributed by atoms with Crippen LogP contribution in [0.2, 0.25) is 0 Å². The molecule has 3 aliphatic heterocycles. The summed E-state index contributed by atoms with van der Waals surface area (Å²) in [4.78, 5) is 43.5. The highest BCUT2D eigenvalue weighted by atomic mass is 19.4. The molecular weight excluding hydrogens is 684 g/mol. The third kappa shape index (κ3) is 7.87. The molecule has 1 aliphatic carbocycles. The lowest BCUT2D eigenvalue weighted by molar-refractivity contribution is -0.143. The van der Waals surface area contributed by atoms with E-state index in [9.17, 15) is 27.6 Å². The van der Waals surface area contributed by atoms with Crippen LogP contribution in [-0.4, -0.2) is 111 Å². The smallest absolute Gasteiger partial charge is 0.416 e. The van der Waals surface area contributed by atoms with Gasteiger partial charge in [0.15, 0.2) is 0 Å². The van der Waals surface area contributed by atoms with E-state index in [1.165, 1.54) is 13.2 Å². The summed E-state index contributed by atoms with van der Waals surface area (Å²) in [6, 6.07) is 11.0. The first-order valence-corrected chi connectivity index (χ1v) is 18.1. The molecule has 0 radical (unpaired) electrons. The Labute approximate surface area is 301 Å². The molecule has 0 bridgehead atoms. The SMILES string of the molecule is COC[C@H]1CN(C(=O)[C@]2(F)CN(C3CCCC3)C[C@H]2c2ccc(OC)cc2)C[C@@H]1c1ccc(C(F)(F)F)cc1N1CCC(C(=O)NCC(=O)O)CC1. The number of nitrogens with one attached hydrogen (secondary N) is 1. The summed E-state index contributed by atoms with van der Waals surface area (Å²) in [5, 5.41) is 11.3. The quantitative estimate of drug-likeness (QED) is 0.309. The van der Waals surface area contributed by atoms with Crippen LogP contribution in [0.25, 0.3) is 0 Å². The highest BCUT2D eigenvalue weighted by Gasteiger charge is 2.57. The molecule has 14 heteroatoms. The topological polar surface area (TPSA) is 112 Å². The van der Waals surface area contributed by atoms with Crippen molar-refractivity contribution in [1.29, 1.82) is 0 Å². The first-order chi connectivity index (χ1) is 24.8. The second-order valence-corrected chi connectivity index (χ2v) is 14.7. The summed E-state index contributed by atoms with van der Waals surface area (Å²) in [5.41, 5.74) is -1.34. The Bertz CT molecular complexity index is 1590. The van der Waals surface area contributed by atoms with E-state index in [4.69, 9.17) is 14.6 Å². The minimum atomic E-state index is -4.60. The van der Waals surface area contributed by atoms with Crippen LogP contribution in [0.3, 0.4) is 0 Å². The second kappa shape index (κ2) is 15.6. The monoisotopic (exact) mass is 732 g/mol. The van der Waals surface area contributed by atoms with Gasteiger partial charge in [-0.3, -0.25) is 19.3 Å². The van der Waals surface area contributed by atoms with Gasteiger partial charge in [0.1, 0.15) is 12.3 Å². The van der Waals surface area contributed by atoms with Crippen LogP contribution in [0.1, 0.15) is 67.1 Å². The number of nitrogens with zero attached hydrogens (tertiary/aromatic N) is 3. The van der Waals surface area contributed by atoms with Gasteiger partial charge in [0.25, 0.3) is 5.91 Å². The van der Waals surface area contributed by atoms with Gasteiger partial charge < -0.3 is 29.7 Å². The molecule has 52 heavy (non-hydrogen) atoms. The van der Waals surface area contributed by atoms with Crippen LogP contribution in [0.5, 0.6) is 5.75 Å². The van der Waals surface area contributed by atoms with Gasteiger partial charge in [0.2, 0.25) is 11.6 Å². The number of amides is 2. The number of hydrogen-bond donors (Lipinski definition) is 2. The van der Waals surface area contributed by atoms with Gasteiger partial charge in [-0.05, 0) is 61.1 Å². The zero-order valence-electron chi connectivity index (χ0n) is 29.7. The van der Waals surface area contributed by atoms with E-state index in [1.807, 2.05) is 17.0 Å². The van der Waals surface area contributed by atoms with Crippen molar-refractivity contribution in [2.75, 3.05) is 71.5 Å². The predicted octanol–water partition coefficient (Wildman–Crippen LogP) is 5.07. The number of methoxy groups -OCH3 is 2. The summed E-state index contributed by atoms with van der Waals surface area (Å²) < 4.78 is 70.8. The van der Waals surface area contributed by atoms with Gasteiger partial charge in [-0.25, -0.2) is 4.39 Å². The number of benzene rings is 2. The molecule has 0 unspecified atom stereocenters. The number of carboxylic acid groups (broad SMARTS) is 1. The number of likely N-dealkylation sites (tertiary alicyclic amines) is 2. The standard InChI is InChI=1S/C38H48F4N4O6/c1-51-22-26-19-45(36(50)37(39)23-46(28-5-3-4-6-28)21-32(37)24-7-10-29(52-2)11-8-24)20-31(26)30-12-9-27(38(40,41)42)17-33(30)44-15-13-25(14-16-44)35(49)43-18-34(47)48/h7-12,17,25-26,28,31-32H,3-6,13-16,18-23H2,1-2H3,(H,43,49)(H,47,48)/t26-,31+,32+,37+/m1/s1. The number of halogens is 4. The normalized spacial score (nSPS) is 26.2. The molecule has 10 nitrogen and oxygen atoms in total. The predicted molar refractivity (Wildman–Crippen MR) is 185 cm³/mol. The number of carbonyl (C=O) groups excluding carboxylic acids is 2. The second-order valence-electron chi connectivity index (χ2n) is 14.7. The van der Waals surface area contributed by atoms with Crippen molar-refractivity contribution in [3.63, 3.8) is 0 Å². The van der Waals surface area contributed by atoms with E-state index < -0.39 is 59.5 Å². The molecule has 4 fully saturated rings. The summed E-state index contributed by atoms with van der Waals surface area (Å²) in [7, 11) is 3.09. The van der Waals surface area contributed by atoms with Crippen molar-refractivity contribution >= 4 is 23.5 Å². The lowest BCUT2D eigenvalue weighted by atomic mass is 9.85. The van der Waals surface area contributed by atoms with Crippen molar-refractivity contribution in [2.24, 2.45) is 11.8 Å². The number of hydrogen-bond acceptors (Lipinski definition) is 7. The van der Waals surface area contributed by atoms with E-state index >= 15 is 4.39 Å². The minimum absolute atomic E-state index is 0.0240. The van der Waals surface area contributed by atoms with E-state index in [-0.39, 0.29) is 51.3 Å². The van der Waals surface area contributed by atoms with Crippen LogP contribution in [0, 0.1) is 11.8 Å². The Morgan fingerprint density at radius 1 is 0.962 bits per heavy atom. The molecule has 4 aliphatic rings. The summed E-state index contributed by atoms with van der Waals surface area (Å²) in [6.45, 7) is 0.952. The summed E-state index contributed by atoms with van der Waals surface area (Å²) >= 11 is 0. The summed E-state index contributed by atoms with van der Waals surface area (Å²) in [5.74, 6) is -3.47. The van der Waals surface area contributed by atoms with E-state index in [2.05, 4.69) is 10.2 Å². The van der Waals surface area contributed by atoms with Gasteiger partial charge in [-0.15, -0.1) is 0 Å². The first-order valence-electron chi connectivity index (χ1n) is 18.1. The molecule has 0 spiro atoms. The lowest BCUT2D eigenvalue weighted by Gasteiger charge is -2.36. The Balaban J connectivity index is 1.28. The molecule has 0 aromatic heterocycles. The number of ether oxygens (including phenoxy) is 2. The number of anilines is 1. The van der Waals surface area contributed by atoms with Crippen LogP contribution in [0.15, 0.2) is 42.5 Å². The fourth-order valence-corrected chi connectivity index (χ4v) is 8.85.